The molecule has 0 saturated heterocycles. The number of fused-ring (bicyclic) bond motifs is 1. The van der Waals surface area contributed by atoms with Gasteiger partial charge in [0.25, 0.3) is 5.91 Å². The highest BCUT2D eigenvalue weighted by Gasteiger charge is 2.16. The first-order valence-electron chi connectivity index (χ1n) is 9.38. The van der Waals surface area contributed by atoms with Crippen LogP contribution in [0, 0.1) is 3.57 Å². The molecule has 1 heterocycles. The van der Waals surface area contributed by atoms with Crippen LogP contribution in [-0.4, -0.2) is 10.9 Å². The van der Waals surface area contributed by atoms with Crippen LogP contribution in [0.3, 0.4) is 0 Å². The Morgan fingerprint density at radius 1 is 1.00 bits per heavy atom. The lowest BCUT2D eigenvalue weighted by atomic mass is 9.87. The third-order valence-electron chi connectivity index (χ3n) is 4.73. The molecular weight excluding hydrogens is 475 g/mol. The molecule has 4 aromatic rings. The van der Waals surface area contributed by atoms with Crippen LogP contribution in [-0.2, 0) is 5.41 Å². The Balaban J connectivity index is 1.55. The summed E-state index contributed by atoms with van der Waals surface area (Å²) in [5.74, 6) is 0.439. The van der Waals surface area contributed by atoms with Gasteiger partial charge in [-0.2, -0.15) is 0 Å². The summed E-state index contributed by atoms with van der Waals surface area (Å²) >= 11 is 2.19. The van der Waals surface area contributed by atoms with Crippen molar-refractivity contribution in [2.75, 3.05) is 5.32 Å². The summed E-state index contributed by atoms with van der Waals surface area (Å²) in [4.78, 5) is 17.1. The molecule has 1 aromatic heterocycles. The van der Waals surface area contributed by atoms with Gasteiger partial charge in [-0.1, -0.05) is 32.9 Å². The average Bonchev–Trinajstić information content (AvgIpc) is 3.11. The standard InChI is InChI=1S/C24H21IN2O2/c1-24(2,3)17-9-12-21-20(14-17)27-23(29-21)15-7-10-19(11-8-15)26-22(28)16-5-4-6-18(25)13-16/h4-14H,1-3H3,(H,26,28). The van der Waals surface area contributed by atoms with E-state index in [2.05, 4.69) is 65.8 Å². The van der Waals surface area contributed by atoms with Crippen molar-refractivity contribution in [2.45, 2.75) is 26.2 Å². The van der Waals surface area contributed by atoms with Crippen molar-refractivity contribution in [1.29, 1.82) is 0 Å². The fourth-order valence-electron chi connectivity index (χ4n) is 3.05. The second kappa shape index (κ2) is 7.63. The minimum absolute atomic E-state index is 0.0595. The predicted octanol–water partition coefficient (Wildman–Crippen LogP) is 6.65. The van der Waals surface area contributed by atoms with E-state index in [1.807, 2.05) is 48.5 Å². The summed E-state index contributed by atoms with van der Waals surface area (Å²) in [6.45, 7) is 6.54. The maximum Gasteiger partial charge on any atom is 0.255 e. The third kappa shape index (κ3) is 4.34. The number of carbonyl (C=O) groups is 1. The monoisotopic (exact) mass is 496 g/mol. The highest BCUT2D eigenvalue weighted by atomic mass is 127. The van der Waals surface area contributed by atoms with E-state index in [1.54, 1.807) is 6.07 Å². The van der Waals surface area contributed by atoms with Gasteiger partial charge in [0.05, 0.1) is 0 Å². The molecule has 5 heteroatoms. The van der Waals surface area contributed by atoms with Gasteiger partial charge in [-0.15, -0.1) is 0 Å². The molecule has 0 aliphatic heterocycles. The SMILES string of the molecule is CC(C)(C)c1ccc2oc(-c3ccc(NC(=O)c4cccc(I)c4)cc3)nc2c1. The number of amides is 1. The lowest BCUT2D eigenvalue weighted by Gasteiger charge is -2.18. The fourth-order valence-corrected chi connectivity index (χ4v) is 3.59. The van der Waals surface area contributed by atoms with Crippen LogP contribution in [0.2, 0.25) is 0 Å². The molecule has 0 aliphatic carbocycles. The highest BCUT2D eigenvalue weighted by Crippen LogP contribution is 2.29. The number of nitrogens with one attached hydrogen (secondary N) is 1. The lowest BCUT2D eigenvalue weighted by molar-refractivity contribution is 0.102. The van der Waals surface area contributed by atoms with Crippen LogP contribution in [0.5, 0.6) is 0 Å². The summed E-state index contributed by atoms with van der Waals surface area (Å²) in [6, 6.07) is 21.1. The predicted molar refractivity (Wildman–Crippen MR) is 125 cm³/mol. The molecule has 0 saturated carbocycles. The Morgan fingerprint density at radius 2 is 1.76 bits per heavy atom. The average molecular weight is 496 g/mol. The zero-order valence-corrected chi connectivity index (χ0v) is 18.7. The number of oxazole rings is 1. The van der Waals surface area contributed by atoms with Gasteiger partial charge in [0, 0.05) is 20.4 Å². The lowest BCUT2D eigenvalue weighted by Crippen LogP contribution is -2.11. The zero-order valence-electron chi connectivity index (χ0n) is 16.5. The molecule has 1 N–H and O–H groups in total. The number of anilines is 1. The van der Waals surface area contributed by atoms with Crippen molar-refractivity contribution in [3.63, 3.8) is 0 Å². The quantitative estimate of drug-likeness (QED) is 0.323. The summed E-state index contributed by atoms with van der Waals surface area (Å²) in [5, 5.41) is 2.92. The second-order valence-corrected chi connectivity index (χ2v) is 9.24. The minimum Gasteiger partial charge on any atom is -0.436 e. The van der Waals surface area contributed by atoms with E-state index in [0.717, 1.165) is 25.9 Å². The largest absolute Gasteiger partial charge is 0.436 e. The number of hydrogen-bond acceptors (Lipinski definition) is 3. The summed E-state index contributed by atoms with van der Waals surface area (Å²) < 4.78 is 6.95. The molecule has 0 spiro atoms. The molecule has 1 amide bonds. The summed E-state index contributed by atoms with van der Waals surface area (Å²) in [6.07, 6.45) is 0. The smallest absolute Gasteiger partial charge is 0.255 e. The van der Waals surface area contributed by atoms with Crippen molar-refractivity contribution in [3.05, 3.63) is 81.4 Å². The summed E-state index contributed by atoms with van der Waals surface area (Å²) in [5.41, 5.74) is 5.12. The van der Waals surface area contributed by atoms with Gasteiger partial charge in [0.1, 0.15) is 5.52 Å². The minimum atomic E-state index is -0.132. The van der Waals surface area contributed by atoms with Crippen LogP contribution in [0.4, 0.5) is 5.69 Å². The molecule has 0 unspecified atom stereocenters. The molecule has 0 atom stereocenters. The molecule has 4 rings (SSSR count). The molecule has 29 heavy (non-hydrogen) atoms. The molecule has 3 aromatic carbocycles. The first kappa shape index (κ1) is 19.6. The number of carbonyl (C=O) groups excluding carboxylic acids is 1. The number of nitrogens with zero attached hydrogens (tertiary/aromatic N) is 1. The fraction of sp³-hybridized carbons (Fsp3) is 0.167. The van der Waals surface area contributed by atoms with E-state index >= 15 is 0 Å². The van der Waals surface area contributed by atoms with E-state index in [4.69, 9.17) is 4.42 Å². The molecule has 146 valence electrons. The van der Waals surface area contributed by atoms with E-state index in [0.29, 0.717) is 11.5 Å². The number of halogens is 1. The topological polar surface area (TPSA) is 55.1 Å². The van der Waals surface area contributed by atoms with Gasteiger partial charge in [0.2, 0.25) is 5.89 Å². The van der Waals surface area contributed by atoms with Crippen molar-refractivity contribution in [1.82, 2.24) is 4.98 Å². The Hall–Kier alpha value is -2.67. The number of hydrogen-bond donors (Lipinski definition) is 1. The van der Waals surface area contributed by atoms with Gasteiger partial charge < -0.3 is 9.73 Å². The van der Waals surface area contributed by atoms with E-state index in [1.165, 1.54) is 5.56 Å². The van der Waals surface area contributed by atoms with Gasteiger partial charge >= 0.3 is 0 Å². The Morgan fingerprint density at radius 3 is 2.45 bits per heavy atom. The van der Waals surface area contributed by atoms with Gasteiger partial charge in [0.15, 0.2) is 5.58 Å². The second-order valence-electron chi connectivity index (χ2n) is 7.99. The van der Waals surface area contributed by atoms with E-state index < -0.39 is 0 Å². The van der Waals surface area contributed by atoms with Gasteiger partial charge in [-0.05, 0) is 88.2 Å². The molecule has 0 aliphatic rings. The number of aromatic nitrogens is 1. The molecular formula is C24H21IN2O2. The zero-order chi connectivity index (χ0) is 20.6. The summed E-state index contributed by atoms with van der Waals surface area (Å²) in [7, 11) is 0. The highest BCUT2D eigenvalue weighted by molar-refractivity contribution is 14.1. The Labute approximate surface area is 183 Å². The van der Waals surface area contributed by atoms with Crippen LogP contribution in [0.1, 0.15) is 36.7 Å². The van der Waals surface area contributed by atoms with Crippen LogP contribution < -0.4 is 5.32 Å². The van der Waals surface area contributed by atoms with Gasteiger partial charge in [-0.25, -0.2) is 4.98 Å². The van der Waals surface area contributed by atoms with Crippen molar-refractivity contribution < 1.29 is 9.21 Å². The van der Waals surface area contributed by atoms with Crippen LogP contribution in [0.25, 0.3) is 22.6 Å². The molecule has 0 radical (unpaired) electrons. The normalized spacial score (nSPS) is 11.6. The van der Waals surface area contributed by atoms with E-state index in [-0.39, 0.29) is 11.3 Å². The van der Waals surface area contributed by atoms with E-state index in [9.17, 15) is 4.79 Å². The Bertz CT molecular complexity index is 1190. The van der Waals surface area contributed by atoms with Crippen molar-refractivity contribution in [2.24, 2.45) is 0 Å². The maximum atomic E-state index is 12.4. The number of benzene rings is 3. The Kier molecular flexibility index (Phi) is 5.17. The molecule has 0 fully saturated rings. The van der Waals surface area contributed by atoms with Gasteiger partial charge in [-0.3, -0.25) is 4.79 Å². The number of rotatable bonds is 3. The van der Waals surface area contributed by atoms with Crippen LogP contribution in [0.15, 0.2) is 71.1 Å². The molecule has 4 nitrogen and oxygen atoms in total. The first-order valence-corrected chi connectivity index (χ1v) is 10.5. The first-order chi connectivity index (χ1) is 13.8. The third-order valence-corrected chi connectivity index (χ3v) is 5.40. The van der Waals surface area contributed by atoms with Crippen molar-refractivity contribution in [3.8, 4) is 11.5 Å². The molecule has 0 bridgehead atoms. The van der Waals surface area contributed by atoms with Crippen molar-refractivity contribution >= 4 is 45.3 Å². The van der Waals surface area contributed by atoms with Crippen LogP contribution >= 0.6 is 22.6 Å². The maximum absolute atomic E-state index is 12.4.